The molecule has 12 nitrogen and oxygen atoms in total. The fourth-order valence-electron chi connectivity index (χ4n) is 5.00. The number of aliphatic hydroxyl groups excluding tert-OH is 3. The normalized spacial score (nSPS) is 23.0. The van der Waals surface area contributed by atoms with Gasteiger partial charge in [0.05, 0.1) is 19.8 Å². The van der Waals surface area contributed by atoms with Crippen LogP contribution in [0.1, 0.15) is 123 Å². The molecule has 0 bridgehead atoms. The third-order valence-corrected chi connectivity index (χ3v) is 8.10. The zero-order chi connectivity index (χ0) is 33.3. The van der Waals surface area contributed by atoms with Crippen molar-refractivity contribution < 1.29 is 56.2 Å². The molecule has 1 rings (SSSR count). The summed E-state index contributed by atoms with van der Waals surface area (Å²) < 4.78 is 58.0. The Morgan fingerprint density at radius 1 is 0.822 bits per heavy atom. The van der Waals surface area contributed by atoms with Crippen LogP contribution >= 0.6 is 0 Å². The van der Waals surface area contributed by atoms with E-state index in [4.69, 9.17) is 23.5 Å². The van der Waals surface area contributed by atoms with E-state index in [1.807, 2.05) is 6.92 Å². The van der Waals surface area contributed by atoms with Gasteiger partial charge in [0.2, 0.25) is 0 Å². The Hall–Kier alpha value is -1.16. The number of hydrogen-bond donors (Lipinski definition) is 4. The van der Waals surface area contributed by atoms with Crippen LogP contribution in [0.5, 0.6) is 0 Å². The minimum atomic E-state index is -5.04. The van der Waals surface area contributed by atoms with Crippen LogP contribution in [-0.2, 0) is 38.3 Å². The van der Waals surface area contributed by atoms with Gasteiger partial charge in [-0.15, -0.1) is 0 Å². The summed E-state index contributed by atoms with van der Waals surface area (Å²) in [6.45, 7) is 3.67. The summed E-state index contributed by atoms with van der Waals surface area (Å²) in [6, 6.07) is 0. The Morgan fingerprint density at radius 2 is 1.40 bits per heavy atom. The van der Waals surface area contributed by atoms with Crippen LogP contribution in [0.4, 0.5) is 0 Å². The average Bonchev–Trinajstić information content (AvgIpc) is 3.00. The summed E-state index contributed by atoms with van der Waals surface area (Å²) in [6.07, 6.45) is 14.0. The van der Waals surface area contributed by atoms with Gasteiger partial charge in [0.25, 0.3) is 0 Å². The number of esters is 1. The van der Waals surface area contributed by atoms with Crippen molar-refractivity contribution >= 4 is 16.4 Å². The van der Waals surface area contributed by atoms with Gasteiger partial charge in [0.15, 0.2) is 6.29 Å². The van der Waals surface area contributed by atoms with Crippen molar-refractivity contribution in [1.82, 2.24) is 0 Å². The Bertz CT molecular complexity index is 868. The molecular formula is C32H60O12S. The molecule has 1 aliphatic rings. The summed E-state index contributed by atoms with van der Waals surface area (Å²) in [5, 5.41) is 30.2. The van der Waals surface area contributed by atoms with Crippen molar-refractivity contribution in [2.75, 3.05) is 26.4 Å². The van der Waals surface area contributed by atoms with Crippen LogP contribution in [0.2, 0.25) is 0 Å². The highest BCUT2D eigenvalue weighted by Gasteiger charge is 2.48. The Morgan fingerprint density at radius 3 is 1.98 bits per heavy atom. The van der Waals surface area contributed by atoms with Crippen LogP contribution < -0.4 is 0 Å². The zero-order valence-corrected chi connectivity index (χ0v) is 28.2. The summed E-state index contributed by atoms with van der Waals surface area (Å²) in [7, 11) is -5.04. The molecule has 0 aromatic heterocycles. The lowest BCUT2D eigenvalue weighted by Crippen LogP contribution is -2.60. The van der Waals surface area contributed by atoms with E-state index in [9.17, 15) is 28.5 Å². The number of carbonyl (C=O) groups excluding carboxylic acids is 1. The van der Waals surface area contributed by atoms with E-state index in [1.165, 1.54) is 64.2 Å². The van der Waals surface area contributed by atoms with Gasteiger partial charge in [-0.2, -0.15) is 8.42 Å². The van der Waals surface area contributed by atoms with Gasteiger partial charge in [0.1, 0.15) is 30.5 Å². The summed E-state index contributed by atoms with van der Waals surface area (Å²) in [4.78, 5) is 12.3. The van der Waals surface area contributed by atoms with Crippen molar-refractivity contribution in [3.8, 4) is 0 Å². The van der Waals surface area contributed by atoms with Gasteiger partial charge in [-0.05, 0) is 38.5 Å². The van der Waals surface area contributed by atoms with Gasteiger partial charge in [-0.25, -0.2) is 4.18 Å². The van der Waals surface area contributed by atoms with Gasteiger partial charge >= 0.3 is 16.4 Å². The second kappa shape index (κ2) is 25.9. The number of aliphatic hydroxyl groups is 3. The fourth-order valence-corrected chi connectivity index (χ4v) is 5.50. The first-order valence-corrected chi connectivity index (χ1v) is 18.3. The predicted molar refractivity (Wildman–Crippen MR) is 170 cm³/mol. The minimum absolute atomic E-state index is 0.0305. The summed E-state index contributed by atoms with van der Waals surface area (Å²) in [5.74, 6) is -0.437. The van der Waals surface area contributed by atoms with Crippen molar-refractivity contribution in [2.24, 2.45) is 0 Å². The zero-order valence-electron chi connectivity index (χ0n) is 27.4. The Balaban J connectivity index is 2.36. The minimum Gasteiger partial charge on any atom is -0.457 e. The number of rotatable bonds is 28. The Labute approximate surface area is 270 Å². The molecule has 6 unspecified atom stereocenters. The van der Waals surface area contributed by atoms with E-state index >= 15 is 0 Å². The monoisotopic (exact) mass is 668 g/mol. The molecule has 1 heterocycles. The maximum absolute atomic E-state index is 12.3. The molecule has 1 saturated heterocycles. The molecule has 0 saturated carbocycles. The first-order chi connectivity index (χ1) is 21.6. The van der Waals surface area contributed by atoms with Gasteiger partial charge in [-0.1, -0.05) is 90.2 Å². The fraction of sp³-hybridized carbons (Fsp3) is 0.906. The first kappa shape index (κ1) is 41.9. The highest BCUT2D eigenvalue weighted by atomic mass is 32.3. The van der Waals surface area contributed by atoms with Crippen molar-refractivity contribution in [3.05, 3.63) is 12.2 Å². The molecule has 0 aromatic rings. The van der Waals surface area contributed by atoms with E-state index in [2.05, 4.69) is 23.3 Å². The van der Waals surface area contributed by atoms with E-state index in [1.54, 1.807) is 0 Å². The van der Waals surface area contributed by atoms with E-state index in [0.29, 0.717) is 13.0 Å². The quantitative estimate of drug-likeness (QED) is 0.0389. The van der Waals surface area contributed by atoms with E-state index in [-0.39, 0.29) is 19.6 Å². The molecule has 1 aliphatic heterocycles. The lowest BCUT2D eigenvalue weighted by molar-refractivity contribution is -0.301. The molecule has 0 radical (unpaired) electrons. The summed E-state index contributed by atoms with van der Waals surface area (Å²) >= 11 is 0. The molecule has 4 N–H and O–H groups in total. The largest absolute Gasteiger partial charge is 0.457 e. The standard InChI is InChI=1S/C32H60O12S/c1-3-5-7-8-9-10-11-12-13-14-15-16-17-18-19-20-22-40-24-26(42-28(34)21-6-4-2)25-41-32-30(36)31(44-45(37,38)39)29(35)27(23-33)43-32/h12-13,26-27,29-33,35-36H,3-11,14-25H2,1-2H3,(H,37,38,39)/b13-12-. The third kappa shape index (κ3) is 20.6. The van der Waals surface area contributed by atoms with Crippen molar-refractivity contribution in [3.63, 3.8) is 0 Å². The van der Waals surface area contributed by atoms with E-state index < -0.39 is 59.8 Å². The van der Waals surface area contributed by atoms with Crippen LogP contribution in [0, 0.1) is 0 Å². The number of unbranched alkanes of at least 4 members (excludes halogenated alkanes) is 13. The smallest absolute Gasteiger partial charge is 0.397 e. The summed E-state index contributed by atoms with van der Waals surface area (Å²) in [5.41, 5.74) is 0. The molecule has 266 valence electrons. The maximum Gasteiger partial charge on any atom is 0.397 e. The molecule has 45 heavy (non-hydrogen) atoms. The predicted octanol–water partition coefficient (Wildman–Crippen LogP) is 4.79. The highest BCUT2D eigenvalue weighted by molar-refractivity contribution is 7.80. The molecule has 6 atom stereocenters. The maximum atomic E-state index is 12.3. The lowest BCUT2D eigenvalue weighted by atomic mass is 9.99. The molecule has 0 spiro atoms. The van der Waals surface area contributed by atoms with E-state index in [0.717, 1.165) is 32.1 Å². The molecular weight excluding hydrogens is 608 g/mol. The number of carbonyl (C=O) groups is 1. The topological polar surface area (TPSA) is 178 Å². The first-order valence-electron chi connectivity index (χ1n) is 16.9. The molecule has 0 amide bonds. The SMILES string of the molecule is CCCCCCCC/C=C\CCCCCCCCOCC(COC1OC(CO)C(O)C(OS(=O)(=O)O)C1O)OC(=O)CCCC. The second-order valence-electron chi connectivity index (χ2n) is 11.8. The van der Waals surface area contributed by atoms with Gasteiger partial charge in [0, 0.05) is 13.0 Å². The number of allylic oxidation sites excluding steroid dienone is 2. The molecule has 1 fully saturated rings. The molecule has 0 aliphatic carbocycles. The van der Waals surface area contributed by atoms with Crippen molar-refractivity contribution in [1.29, 1.82) is 0 Å². The van der Waals surface area contributed by atoms with Gasteiger partial charge < -0.3 is 34.3 Å². The van der Waals surface area contributed by atoms with Crippen molar-refractivity contribution in [2.45, 2.75) is 160 Å². The van der Waals surface area contributed by atoms with Crippen LogP contribution in [-0.4, -0.2) is 97.5 Å². The molecule has 13 heteroatoms. The lowest BCUT2D eigenvalue weighted by Gasteiger charge is -2.41. The molecule has 0 aromatic carbocycles. The highest BCUT2D eigenvalue weighted by Crippen LogP contribution is 2.26. The number of ether oxygens (including phenoxy) is 4. The number of hydrogen-bond acceptors (Lipinski definition) is 11. The Kier molecular flexibility index (Phi) is 24.1. The third-order valence-electron chi connectivity index (χ3n) is 7.64. The second-order valence-corrected chi connectivity index (χ2v) is 12.8. The average molecular weight is 669 g/mol. The van der Waals surface area contributed by atoms with Crippen LogP contribution in [0.15, 0.2) is 12.2 Å². The van der Waals surface area contributed by atoms with Crippen LogP contribution in [0.3, 0.4) is 0 Å². The van der Waals surface area contributed by atoms with Crippen LogP contribution in [0.25, 0.3) is 0 Å². The van der Waals surface area contributed by atoms with Gasteiger partial charge in [-0.3, -0.25) is 9.35 Å².